The van der Waals surface area contributed by atoms with E-state index in [1.807, 2.05) is 0 Å². The fourth-order valence-electron chi connectivity index (χ4n) is 1.57. The van der Waals surface area contributed by atoms with Crippen LogP contribution in [0.4, 0.5) is 0 Å². The van der Waals surface area contributed by atoms with Crippen LogP contribution in [0, 0.1) is 0 Å². The van der Waals surface area contributed by atoms with Crippen molar-refractivity contribution in [3.05, 3.63) is 35.4 Å². The molecule has 5 heteroatoms. The Bertz CT molecular complexity index is 498. The summed E-state index contributed by atoms with van der Waals surface area (Å²) >= 11 is 0. The molecule has 0 radical (unpaired) electrons. The minimum atomic E-state index is -1.28. The van der Waals surface area contributed by atoms with E-state index in [0.29, 0.717) is 11.1 Å². The van der Waals surface area contributed by atoms with E-state index in [4.69, 9.17) is 10.5 Å². The lowest BCUT2D eigenvalue weighted by molar-refractivity contribution is -0.161. The molecular formula is C15H21NO4. The second kappa shape index (κ2) is 5.63. The predicted molar refractivity (Wildman–Crippen MR) is 75.2 cm³/mol. The molecule has 1 atom stereocenters. The van der Waals surface area contributed by atoms with E-state index >= 15 is 0 Å². The molecule has 0 amide bonds. The molecule has 1 rings (SSSR count). The smallest absolute Gasteiger partial charge is 0.337 e. The first-order valence-electron chi connectivity index (χ1n) is 6.29. The first-order chi connectivity index (χ1) is 9.08. The van der Waals surface area contributed by atoms with Crippen LogP contribution in [0.25, 0.3) is 0 Å². The van der Waals surface area contributed by atoms with E-state index < -0.39 is 23.1 Å². The molecule has 0 spiro atoms. The minimum absolute atomic E-state index is 0.399. The zero-order valence-corrected chi connectivity index (χ0v) is 12.5. The first-order valence-corrected chi connectivity index (χ1v) is 6.29. The first kappa shape index (κ1) is 16.2. The summed E-state index contributed by atoms with van der Waals surface area (Å²) in [5.41, 5.74) is 5.14. The minimum Gasteiger partial charge on any atom is -0.465 e. The van der Waals surface area contributed by atoms with Crippen molar-refractivity contribution in [2.45, 2.75) is 38.8 Å². The van der Waals surface area contributed by atoms with Gasteiger partial charge in [-0.15, -0.1) is 0 Å². The summed E-state index contributed by atoms with van der Waals surface area (Å²) < 4.78 is 9.91. The molecule has 2 N–H and O–H groups in total. The van der Waals surface area contributed by atoms with Gasteiger partial charge in [-0.2, -0.15) is 0 Å². The maximum Gasteiger partial charge on any atom is 0.337 e. The largest absolute Gasteiger partial charge is 0.465 e. The standard InChI is InChI=1S/C15H21NO4/c1-14(2,3)20-13(18)15(4,16)11-8-6-10(7-9-11)12(17)19-5/h6-9H,16H2,1-5H3. The number of nitrogens with two attached hydrogens (primary N) is 1. The average molecular weight is 279 g/mol. The quantitative estimate of drug-likeness (QED) is 0.856. The Kier molecular flexibility index (Phi) is 4.55. The van der Waals surface area contributed by atoms with Gasteiger partial charge in [0, 0.05) is 0 Å². The Balaban J connectivity index is 2.98. The van der Waals surface area contributed by atoms with Crippen LogP contribution in [0.5, 0.6) is 0 Å². The second-order valence-electron chi connectivity index (χ2n) is 5.77. The number of rotatable bonds is 3. The Labute approximate surface area is 119 Å². The van der Waals surface area contributed by atoms with Crippen molar-refractivity contribution >= 4 is 11.9 Å². The second-order valence-corrected chi connectivity index (χ2v) is 5.77. The number of esters is 2. The fourth-order valence-corrected chi connectivity index (χ4v) is 1.57. The molecule has 0 aliphatic carbocycles. The number of carbonyl (C=O) groups excluding carboxylic acids is 2. The molecule has 0 saturated carbocycles. The van der Waals surface area contributed by atoms with Gasteiger partial charge in [0.05, 0.1) is 12.7 Å². The van der Waals surface area contributed by atoms with Crippen molar-refractivity contribution in [2.24, 2.45) is 5.73 Å². The van der Waals surface area contributed by atoms with Crippen molar-refractivity contribution in [3.8, 4) is 0 Å². The van der Waals surface area contributed by atoms with Crippen LogP contribution in [0.1, 0.15) is 43.6 Å². The zero-order chi connectivity index (χ0) is 15.6. The van der Waals surface area contributed by atoms with Crippen LogP contribution in [0.2, 0.25) is 0 Å². The summed E-state index contributed by atoms with van der Waals surface area (Å²) in [6.45, 7) is 6.91. The molecule has 1 aromatic rings. The van der Waals surface area contributed by atoms with Crippen LogP contribution in [0.3, 0.4) is 0 Å². The lowest BCUT2D eigenvalue weighted by atomic mass is 9.92. The monoisotopic (exact) mass is 279 g/mol. The molecule has 0 heterocycles. The van der Waals surface area contributed by atoms with E-state index in [1.54, 1.807) is 52.0 Å². The molecule has 1 unspecified atom stereocenters. The zero-order valence-electron chi connectivity index (χ0n) is 12.5. The Morgan fingerprint density at radius 1 is 1.05 bits per heavy atom. The normalized spacial score (nSPS) is 14.3. The maximum atomic E-state index is 12.1. The average Bonchev–Trinajstić information content (AvgIpc) is 2.36. The number of methoxy groups -OCH3 is 1. The SMILES string of the molecule is COC(=O)c1ccc(C(C)(N)C(=O)OC(C)(C)C)cc1. The number of benzene rings is 1. The lowest BCUT2D eigenvalue weighted by Crippen LogP contribution is -2.45. The summed E-state index contributed by atoms with van der Waals surface area (Å²) in [5.74, 6) is -0.955. The fraction of sp³-hybridized carbons (Fsp3) is 0.467. The van der Waals surface area contributed by atoms with Gasteiger partial charge < -0.3 is 15.2 Å². The maximum absolute atomic E-state index is 12.1. The number of carbonyl (C=O) groups is 2. The molecular weight excluding hydrogens is 258 g/mol. The van der Waals surface area contributed by atoms with Crippen molar-refractivity contribution in [2.75, 3.05) is 7.11 Å². The van der Waals surface area contributed by atoms with Gasteiger partial charge in [0.25, 0.3) is 0 Å². The van der Waals surface area contributed by atoms with Crippen molar-refractivity contribution in [1.82, 2.24) is 0 Å². The molecule has 1 aromatic carbocycles. The molecule has 0 fully saturated rings. The molecule has 0 aliphatic heterocycles. The third-order valence-corrected chi connectivity index (χ3v) is 2.73. The van der Waals surface area contributed by atoms with Gasteiger partial charge >= 0.3 is 11.9 Å². The lowest BCUT2D eigenvalue weighted by Gasteiger charge is -2.28. The summed E-state index contributed by atoms with van der Waals surface area (Å²) in [6, 6.07) is 6.37. The van der Waals surface area contributed by atoms with Crippen LogP contribution in [-0.4, -0.2) is 24.6 Å². The number of ether oxygens (including phenoxy) is 2. The Morgan fingerprint density at radius 2 is 1.55 bits per heavy atom. The van der Waals surface area contributed by atoms with Crippen LogP contribution in [-0.2, 0) is 19.8 Å². The van der Waals surface area contributed by atoms with Crippen molar-refractivity contribution < 1.29 is 19.1 Å². The summed E-state index contributed by atoms with van der Waals surface area (Å²) in [7, 11) is 1.31. The molecule has 110 valence electrons. The van der Waals surface area contributed by atoms with Crippen molar-refractivity contribution in [1.29, 1.82) is 0 Å². The highest BCUT2D eigenvalue weighted by molar-refractivity contribution is 5.89. The van der Waals surface area contributed by atoms with Gasteiger partial charge in [-0.3, -0.25) is 0 Å². The molecule has 0 aliphatic rings. The van der Waals surface area contributed by atoms with E-state index in [0.717, 1.165) is 0 Å². The predicted octanol–water partition coefficient (Wildman–Crippen LogP) is 1.99. The summed E-state index contributed by atoms with van der Waals surface area (Å²) in [5, 5.41) is 0. The highest BCUT2D eigenvalue weighted by Gasteiger charge is 2.35. The molecule has 5 nitrogen and oxygen atoms in total. The molecule has 0 aromatic heterocycles. The van der Waals surface area contributed by atoms with Gasteiger partial charge in [-0.25, -0.2) is 9.59 Å². The molecule has 0 saturated heterocycles. The van der Waals surface area contributed by atoms with Gasteiger partial charge in [0.15, 0.2) is 0 Å². The van der Waals surface area contributed by atoms with Crippen LogP contribution in [0.15, 0.2) is 24.3 Å². The van der Waals surface area contributed by atoms with Crippen molar-refractivity contribution in [3.63, 3.8) is 0 Å². The Morgan fingerprint density at radius 3 is 1.95 bits per heavy atom. The highest BCUT2D eigenvalue weighted by atomic mass is 16.6. The van der Waals surface area contributed by atoms with E-state index in [1.165, 1.54) is 7.11 Å². The molecule has 0 bridgehead atoms. The Hall–Kier alpha value is -1.88. The summed E-state index contributed by atoms with van der Waals surface area (Å²) in [6.07, 6.45) is 0. The topological polar surface area (TPSA) is 78.6 Å². The third-order valence-electron chi connectivity index (χ3n) is 2.73. The van der Waals surface area contributed by atoms with Gasteiger partial charge in [0.2, 0.25) is 0 Å². The van der Waals surface area contributed by atoms with Gasteiger partial charge in [0.1, 0.15) is 11.1 Å². The van der Waals surface area contributed by atoms with E-state index in [-0.39, 0.29) is 0 Å². The number of hydrogen-bond acceptors (Lipinski definition) is 5. The van der Waals surface area contributed by atoms with Gasteiger partial charge in [-0.1, -0.05) is 12.1 Å². The summed E-state index contributed by atoms with van der Waals surface area (Å²) in [4.78, 5) is 23.5. The molecule has 20 heavy (non-hydrogen) atoms. The van der Waals surface area contributed by atoms with Crippen LogP contribution >= 0.6 is 0 Å². The van der Waals surface area contributed by atoms with Crippen LogP contribution < -0.4 is 5.73 Å². The van der Waals surface area contributed by atoms with Gasteiger partial charge in [-0.05, 0) is 45.4 Å². The number of hydrogen-bond donors (Lipinski definition) is 1. The highest BCUT2D eigenvalue weighted by Crippen LogP contribution is 2.23. The van der Waals surface area contributed by atoms with E-state index in [9.17, 15) is 9.59 Å². The third kappa shape index (κ3) is 3.81. The van der Waals surface area contributed by atoms with E-state index in [2.05, 4.69) is 4.74 Å².